The second-order valence-electron chi connectivity index (χ2n) is 14.6. The third-order valence-electron chi connectivity index (χ3n) is 10.7. The van der Waals surface area contributed by atoms with Gasteiger partial charge in [-0.2, -0.15) is 0 Å². The lowest BCUT2D eigenvalue weighted by Crippen LogP contribution is -2.56. The Balaban J connectivity index is 1.22. The van der Waals surface area contributed by atoms with Crippen LogP contribution in [0.4, 0.5) is 11.4 Å². The van der Waals surface area contributed by atoms with Crippen molar-refractivity contribution in [2.75, 3.05) is 83.4 Å². The number of rotatable bonds is 13. The molecule has 6 rings (SSSR count). The van der Waals surface area contributed by atoms with E-state index < -0.39 is 6.04 Å². The largest absolute Gasteiger partial charge is 0.497 e. The number of hydrogen-bond donors (Lipinski definition) is 0. The molecule has 0 radical (unpaired) electrons. The molecule has 2 aliphatic heterocycles. The van der Waals surface area contributed by atoms with Crippen LogP contribution in [0.5, 0.6) is 5.75 Å². The first-order chi connectivity index (χ1) is 26.7. The SMILES string of the molecule is COc1ccc(/C=C/C(=O)N(Cc2ccc(N3CCN(C(C)=O)CC3)cc2)[C@@H](Cc2ccccc2)C(=O)N2CCN(Cc3ccc(N(C)C)cc3)CC2)cc1. The molecule has 1 atom stereocenters. The summed E-state index contributed by atoms with van der Waals surface area (Å²) < 4.78 is 5.32. The summed E-state index contributed by atoms with van der Waals surface area (Å²) in [6.45, 7) is 8.34. The highest BCUT2D eigenvalue weighted by molar-refractivity contribution is 5.96. The molecule has 10 heteroatoms. The van der Waals surface area contributed by atoms with E-state index in [2.05, 4.69) is 51.1 Å². The predicted molar refractivity (Wildman–Crippen MR) is 220 cm³/mol. The lowest BCUT2D eigenvalue weighted by molar-refractivity contribution is -0.145. The highest BCUT2D eigenvalue weighted by atomic mass is 16.5. The van der Waals surface area contributed by atoms with E-state index in [4.69, 9.17) is 4.74 Å². The van der Waals surface area contributed by atoms with E-state index in [0.29, 0.717) is 32.6 Å². The van der Waals surface area contributed by atoms with Crippen LogP contribution in [0.15, 0.2) is 109 Å². The highest BCUT2D eigenvalue weighted by Gasteiger charge is 2.34. The number of hydrogen-bond acceptors (Lipinski definition) is 7. The van der Waals surface area contributed by atoms with Gasteiger partial charge in [0, 0.05) is 110 Å². The summed E-state index contributed by atoms with van der Waals surface area (Å²) in [5, 5.41) is 0. The Morgan fingerprint density at radius 2 is 1.33 bits per heavy atom. The van der Waals surface area contributed by atoms with Crippen molar-refractivity contribution in [2.45, 2.75) is 32.5 Å². The van der Waals surface area contributed by atoms with Crippen LogP contribution >= 0.6 is 0 Å². The molecule has 4 aromatic carbocycles. The van der Waals surface area contributed by atoms with Gasteiger partial charge in [-0.25, -0.2) is 0 Å². The number of amides is 3. The van der Waals surface area contributed by atoms with E-state index in [0.717, 1.165) is 60.9 Å². The lowest BCUT2D eigenvalue weighted by atomic mass is 10.0. The zero-order valence-corrected chi connectivity index (χ0v) is 32.6. The van der Waals surface area contributed by atoms with Gasteiger partial charge >= 0.3 is 0 Å². The molecule has 0 saturated carbocycles. The fourth-order valence-corrected chi connectivity index (χ4v) is 7.27. The van der Waals surface area contributed by atoms with Crippen LogP contribution in [0.1, 0.15) is 29.2 Å². The minimum atomic E-state index is -0.708. The van der Waals surface area contributed by atoms with E-state index in [1.54, 1.807) is 31.1 Å². The molecule has 2 aliphatic rings. The molecule has 0 aliphatic carbocycles. The summed E-state index contributed by atoms with van der Waals surface area (Å²) >= 11 is 0. The molecule has 0 spiro atoms. The van der Waals surface area contributed by atoms with Crippen LogP contribution in [0, 0.1) is 0 Å². The van der Waals surface area contributed by atoms with Gasteiger partial charge in [0.2, 0.25) is 17.7 Å². The van der Waals surface area contributed by atoms with E-state index in [1.165, 1.54) is 11.3 Å². The molecular formula is C45H54N6O4. The first kappa shape index (κ1) is 39.1. The van der Waals surface area contributed by atoms with Crippen LogP contribution < -0.4 is 14.5 Å². The number of methoxy groups -OCH3 is 1. The molecule has 4 aromatic rings. The van der Waals surface area contributed by atoms with E-state index in [9.17, 15) is 14.4 Å². The van der Waals surface area contributed by atoms with Gasteiger partial charge in [-0.1, -0.05) is 66.7 Å². The number of ether oxygens (including phenoxy) is 1. The van der Waals surface area contributed by atoms with E-state index in [-0.39, 0.29) is 24.3 Å². The highest BCUT2D eigenvalue weighted by Crippen LogP contribution is 2.23. The van der Waals surface area contributed by atoms with Gasteiger partial charge in [0.25, 0.3) is 0 Å². The maximum atomic E-state index is 14.7. The van der Waals surface area contributed by atoms with Crippen molar-refractivity contribution in [1.29, 1.82) is 0 Å². The molecule has 0 unspecified atom stereocenters. The van der Waals surface area contributed by atoms with Crippen LogP contribution in [-0.4, -0.2) is 117 Å². The summed E-state index contributed by atoms with van der Waals surface area (Å²) in [6, 6.07) is 33.7. The minimum Gasteiger partial charge on any atom is -0.497 e. The molecule has 0 aromatic heterocycles. The second kappa shape index (κ2) is 18.6. The summed E-state index contributed by atoms with van der Waals surface area (Å²) in [6.07, 6.45) is 3.78. The van der Waals surface area contributed by atoms with Crippen LogP contribution in [0.2, 0.25) is 0 Å². The summed E-state index contributed by atoms with van der Waals surface area (Å²) in [4.78, 5) is 53.3. The molecule has 55 heavy (non-hydrogen) atoms. The van der Waals surface area contributed by atoms with Gasteiger partial charge in [-0.15, -0.1) is 0 Å². The van der Waals surface area contributed by atoms with Crippen LogP contribution in [0.25, 0.3) is 6.08 Å². The van der Waals surface area contributed by atoms with Gasteiger partial charge in [0.1, 0.15) is 11.8 Å². The minimum absolute atomic E-state index is 0.0370. The third-order valence-corrected chi connectivity index (χ3v) is 10.7. The fourth-order valence-electron chi connectivity index (χ4n) is 7.27. The molecule has 2 saturated heterocycles. The third kappa shape index (κ3) is 10.5. The van der Waals surface area contributed by atoms with Gasteiger partial charge in [-0.3, -0.25) is 19.3 Å². The quantitative estimate of drug-likeness (QED) is 0.169. The van der Waals surface area contributed by atoms with Crippen molar-refractivity contribution in [2.24, 2.45) is 0 Å². The maximum Gasteiger partial charge on any atom is 0.247 e. The molecule has 288 valence electrons. The Morgan fingerprint density at radius 3 is 1.93 bits per heavy atom. The zero-order valence-electron chi connectivity index (χ0n) is 32.6. The summed E-state index contributed by atoms with van der Waals surface area (Å²) in [7, 11) is 5.71. The van der Waals surface area contributed by atoms with Gasteiger partial charge in [-0.05, 0) is 64.7 Å². The van der Waals surface area contributed by atoms with Crippen LogP contribution in [0.3, 0.4) is 0 Å². The van der Waals surface area contributed by atoms with Crippen molar-refractivity contribution in [1.82, 2.24) is 19.6 Å². The van der Waals surface area contributed by atoms with E-state index in [1.807, 2.05) is 90.6 Å². The second-order valence-corrected chi connectivity index (χ2v) is 14.6. The van der Waals surface area contributed by atoms with Crippen molar-refractivity contribution < 1.29 is 19.1 Å². The maximum absolute atomic E-state index is 14.7. The molecular weight excluding hydrogens is 689 g/mol. The Morgan fingerprint density at radius 1 is 0.709 bits per heavy atom. The predicted octanol–water partition coefficient (Wildman–Crippen LogP) is 5.43. The fraction of sp³-hybridized carbons (Fsp3) is 0.356. The van der Waals surface area contributed by atoms with Gasteiger partial charge in [0.15, 0.2) is 0 Å². The van der Waals surface area contributed by atoms with Crippen LogP contribution in [-0.2, 0) is 33.9 Å². The number of piperazine rings is 2. The molecule has 3 amide bonds. The molecule has 2 fully saturated rings. The normalized spacial score (nSPS) is 15.5. The molecule has 0 bridgehead atoms. The number of anilines is 2. The Hall–Kier alpha value is -5.61. The number of carbonyl (C=O) groups is 3. The zero-order chi connectivity index (χ0) is 38.7. The average Bonchev–Trinajstić information content (AvgIpc) is 3.22. The van der Waals surface area contributed by atoms with Gasteiger partial charge < -0.3 is 29.2 Å². The summed E-state index contributed by atoms with van der Waals surface area (Å²) in [5.41, 5.74) is 6.29. The standard InChI is InChI=1S/C45H54N6O4/c1-35(52)48-28-30-49(31-29-48)41-19-12-39(13-20-41)34-51(44(53)23-16-36-14-21-42(55-4)22-15-36)43(32-37-8-6-5-7-9-37)45(54)50-26-24-47(25-27-50)33-38-10-17-40(18-11-38)46(2)3/h5-23,43H,24-34H2,1-4H3/b23-16+/t43-/m0/s1. The number of nitrogens with zero attached hydrogens (tertiary/aromatic N) is 6. The Bertz CT molecular complexity index is 1880. The van der Waals surface area contributed by atoms with Crippen molar-refractivity contribution in [3.05, 3.63) is 131 Å². The first-order valence-electron chi connectivity index (χ1n) is 19.2. The topological polar surface area (TPSA) is 79.9 Å². The van der Waals surface area contributed by atoms with E-state index >= 15 is 0 Å². The molecule has 10 nitrogen and oxygen atoms in total. The molecule has 2 heterocycles. The molecule has 0 N–H and O–H groups in total. The van der Waals surface area contributed by atoms with Crippen molar-refractivity contribution in [3.8, 4) is 5.75 Å². The average molecular weight is 743 g/mol. The summed E-state index contributed by atoms with van der Waals surface area (Å²) in [5.74, 6) is 0.581. The smallest absolute Gasteiger partial charge is 0.247 e. The first-order valence-corrected chi connectivity index (χ1v) is 19.2. The van der Waals surface area contributed by atoms with Gasteiger partial charge in [0.05, 0.1) is 7.11 Å². The monoisotopic (exact) mass is 742 g/mol. The Kier molecular flexibility index (Phi) is 13.2. The number of benzene rings is 4. The number of carbonyl (C=O) groups excluding carboxylic acids is 3. The lowest BCUT2D eigenvalue weighted by Gasteiger charge is -2.39. The Labute approximate surface area is 326 Å². The van der Waals surface area contributed by atoms with Crippen molar-refractivity contribution in [3.63, 3.8) is 0 Å². The van der Waals surface area contributed by atoms with Crippen molar-refractivity contribution >= 4 is 35.2 Å².